The molecule has 1 aliphatic heterocycles. The number of anilines is 3. The molecule has 3 aromatic rings. The monoisotopic (exact) mass is 421 g/mol. The molecule has 1 aliphatic carbocycles. The second kappa shape index (κ2) is 7.55. The van der Waals surface area contributed by atoms with Crippen LogP contribution in [0.2, 0.25) is 0 Å². The van der Waals surface area contributed by atoms with Gasteiger partial charge < -0.3 is 20.9 Å². The summed E-state index contributed by atoms with van der Waals surface area (Å²) in [5.41, 5.74) is 9.32. The third kappa shape index (κ3) is 3.14. The number of aryl methyl sites for hydroxylation is 2. The number of nitrogen functional groups attached to an aromatic ring is 1. The van der Waals surface area contributed by atoms with E-state index in [1.165, 1.54) is 0 Å². The highest BCUT2D eigenvalue weighted by Gasteiger charge is 2.41. The van der Waals surface area contributed by atoms with E-state index in [1.807, 2.05) is 24.4 Å². The lowest BCUT2D eigenvalue weighted by Crippen LogP contribution is -2.41. The molecule has 4 N–H and O–H groups in total. The largest absolute Gasteiger partial charge is 0.396 e. The Balaban J connectivity index is 1.57. The van der Waals surface area contributed by atoms with Crippen LogP contribution in [0, 0.1) is 12.7 Å². The maximum Gasteiger partial charge on any atom is 0.194 e. The zero-order valence-electron chi connectivity index (χ0n) is 17.8. The van der Waals surface area contributed by atoms with E-state index < -0.39 is 5.82 Å². The lowest BCUT2D eigenvalue weighted by atomic mass is 9.74. The number of fused-ring (bicyclic) bond motifs is 1. The van der Waals surface area contributed by atoms with Gasteiger partial charge in [0.2, 0.25) is 0 Å². The van der Waals surface area contributed by atoms with E-state index in [-0.39, 0.29) is 16.7 Å². The summed E-state index contributed by atoms with van der Waals surface area (Å²) < 4.78 is 17.6. The minimum atomic E-state index is -0.549. The minimum absolute atomic E-state index is 0.0184. The molecule has 162 valence electrons. The molecule has 0 radical (unpaired) electrons. The molecule has 1 aromatic carbocycles. The molecule has 1 fully saturated rings. The van der Waals surface area contributed by atoms with Gasteiger partial charge >= 0.3 is 0 Å². The minimum Gasteiger partial charge on any atom is -0.396 e. The number of aromatic nitrogens is 2. The number of benzene rings is 1. The molecule has 5 rings (SSSR count). The van der Waals surface area contributed by atoms with E-state index in [4.69, 9.17) is 5.73 Å². The van der Waals surface area contributed by atoms with Crippen LogP contribution in [0.3, 0.4) is 0 Å². The summed E-state index contributed by atoms with van der Waals surface area (Å²) >= 11 is 0. The van der Waals surface area contributed by atoms with Crippen molar-refractivity contribution >= 4 is 28.0 Å². The highest BCUT2D eigenvalue weighted by molar-refractivity contribution is 6.05. The van der Waals surface area contributed by atoms with Gasteiger partial charge in [-0.25, -0.2) is 4.39 Å². The molecular formula is C24H28FN5O. The molecular weight excluding hydrogens is 393 g/mol. The molecule has 3 heterocycles. The van der Waals surface area contributed by atoms with Crippen LogP contribution in [-0.4, -0.2) is 22.6 Å². The first-order valence-electron chi connectivity index (χ1n) is 11.1. The van der Waals surface area contributed by atoms with Crippen LogP contribution in [0.4, 0.5) is 21.5 Å². The van der Waals surface area contributed by atoms with E-state index in [0.717, 1.165) is 56.3 Å². The summed E-state index contributed by atoms with van der Waals surface area (Å²) in [5.74, 6) is -0.549. The quantitative estimate of drug-likeness (QED) is 0.425. The number of nitrogens with one attached hydrogen (secondary N) is 2. The Kier molecular flexibility index (Phi) is 4.84. The zero-order chi connectivity index (χ0) is 21.6. The number of hydrogen-bond acceptors (Lipinski definition) is 5. The second-order valence-electron chi connectivity index (χ2n) is 8.82. The van der Waals surface area contributed by atoms with Gasteiger partial charge in [0.15, 0.2) is 11.2 Å². The van der Waals surface area contributed by atoms with E-state index in [2.05, 4.69) is 20.2 Å². The zero-order valence-corrected chi connectivity index (χ0v) is 17.8. The Morgan fingerprint density at radius 1 is 1.32 bits per heavy atom. The molecule has 2 aromatic heterocycles. The average molecular weight is 422 g/mol. The SMILES string of the molecule is Cc1cn2c3c(c(NCCCc4ccccn4)c(F)c(N)c3c1=O)NCCC21CCC1. The molecule has 7 heteroatoms. The van der Waals surface area contributed by atoms with E-state index in [9.17, 15) is 4.79 Å². The van der Waals surface area contributed by atoms with Crippen LogP contribution in [0.1, 0.15) is 43.4 Å². The van der Waals surface area contributed by atoms with Crippen molar-refractivity contribution in [1.82, 2.24) is 9.55 Å². The molecule has 6 nitrogen and oxygen atoms in total. The summed E-state index contributed by atoms with van der Waals surface area (Å²) in [6, 6.07) is 5.85. The lowest BCUT2D eigenvalue weighted by molar-refractivity contribution is 0.141. The number of hydrogen-bond donors (Lipinski definition) is 3. The molecule has 31 heavy (non-hydrogen) atoms. The van der Waals surface area contributed by atoms with Gasteiger partial charge in [-0.05, 0) is 57.6 Å². The van der Waals surface area contributed by atoms with Gasteiger partial charge in [0.25, 0.3) is 0 Å². The van der Waals surface area contributed by atoms with Gasteiger partial charge in [-0.3, -0.25) is 9.78 Å². The molecule has 0 bridgehead atoms. The number of halogens is 1. The second-order valence-corrected chi connectivity index (χ2v) is 8.82. The van der Waals surface area contributed by atoms with E-state index in [1.54, 1.807) is 13.1 Å². The fraction of sp³-hybridized carbons (Fsp3) is 0.417. The van der Waals surface area contributed by atoms with Crippen molar-refractivity contribution in [3.8, 4) is 0 Å². The Bertz CT molecular complexity index is 1200. The van der Waals surface area contributed by atoms with Gasteiger partial charge in [-0.2, -0.15) is 0 Å². The molecule has 0 unspecified atom stereocenters. The van der Waals surface area contributed by atoms with Crippen molar-refractivity contribution in [2.75, 3.05) is 29.5 Å². The standard InChI is InChI=1S/C24H28FN5O/c1-15-14-30-22-17(23(15)31)19(26)18(25)20(21(22)29-13-10-24(30)8-5-9-24)28-12-4-7-16-6-2-3-11-27-16/h2-3,6,11,14,28-29H,4-5,7-10,12-13,26H2,1H3. The van der Waals surface area contributed by atoms with Gasteiger partial charge in [-0.15, -0.1) is 0 Å². The molecule has 1 saturated carbocycles. The summed E-state index contributed by atoms with van der Waals surface area (Å²) in [6.07, 6.45) is 9.57. The first-order chi connectivity index (χ1) is 15.0. The van der Waals surface area contributed by atoms with Crippen LogP contribution < -0.4 is 21.8 Å². The predicted octanol–water partition coefficient (Wildman–Crippen LogP) is 4.17. The van der Waals surface area contributed by atoms with Crippen LogP contribution >= 0.6 is 0 Å². The van der Waals surface area contributed by atoms with Crippen LogP contribution in [0.5, 0.6) is 0 Å². The van der Waals surface area contributed by atoms with Gasteiger partial charge in [0.05, 0.1) is 28.0 Å². The number of pyridine rings is 2. The first kappa shape index (κ1) is 19.8. The maximum absolute atomic E-state index is 15.4. The molecule has 1 spiro atoms. The lowest BCUT2D eigenvalue weighted by Gasteiger charge is -2.44. The number of nitrogens with zero attached hydrogens (tertiary/aromatic N) is 2. The van der Waals surface area contributed by atoms with Crippen molar-refractivity contribution in [2.45, 2.75) is 51.0 Å². The van der Waals surface area contributed by atoms with Crippen molar-refractivity contribution in [2.24, 2.45) is 0 Å². The van der Waals surface area contributed by atoms with Crippen molar-refractivity contribution < 1.29 is 4.39 Å². The highest BCUT2D eigenvalue weighted by atomic mass is 19.1. The normalized spacial score (nSPS) is 16.6. The van der Waals surface area contributed by atoms with E-state index in [0.29, 0.717) is 28.9 Å². The fourth-order valence-corrected chi connectivity index (χ4v) is 5.07. The summed E-state index contributed by atoms with van der Waals surface area (Å²) in [4.78, 5) is 17.3. The number of nitrogens with two attached hydrogens (primary N) is 1. The summed E-state index contributed by atoms with van der Waals surface area (Å²) in [6.45, 7) is 3.10. The van der Waals surface area contributed by atoms with Crippen molar-refractivity contribution in [3.63, 3.8) is 0 Å². The summed E-state index contributed by atoms with van der Waals surface area (Å²) in [5, 5.41) is 6.98. The molecule has 0 saturated heterocycles. The molecule has 0 atom stereocenters. The Labute approximate surface area is 180 Å². The van der Waals surface area contributed by atoms with Crippen molar-refractivity contribution in [1.29, 1.82) is 0 Å². The topological polar surface area (TPSA) is 85.0 Å². The fourth-order valence-electron chi connectivity index (χ4n) is 5.07. The molecule has 2 aliphatic rings. The van der Waals surface area contributed by atoms with Gasteiger partial charge in [-0.1, -0.05) is 6.07 Å². The Morgan fingerprint density at radius 2 is 2.16 bits per heavy atom. The van der Waals surface area contributed by atoms with Crippen LogP contribution in [-0.2, 0) is 12.0 Å². The summed E-state index contributed by atoms with van der Waals surface area (Å²) in [7, 11) is 0. The Hall–Kier alpha value is -3.09. The smallest absolute Gasteiger partial charge is 0.194 e. The average Bonchev–Trinajstić information content (AvgIpc) is 2.91. The van der Waals surface area contributed by atoms with Crippen molar-refractivity contribution in [3.05, 3.63) is 57.9 Å². The predicted molar refractivity (Wildman–Crippen MR) is 123 cm³/mol. The Morgan fingerprint density at radius 3 is 2.87 bits per heavy atom. The third-order valence-electron chi connectivity index (χ3n) is 6.92. The van der Waals surface area contributed by atoms with Gasteiger partial charge in [0, 0.05) is 42.3 Å². The van der Waals surface area contributed by atoms with E-state index >= 15 is 4.39 Å². The third-order valence-corrected chi connectivity index (χ3v) is 6.92. The first-order valence-corrected chi connectivity index (χ1v) is 11.1. The highest BCUT2D eigenvalue weighted by Crippen LogP contribution is 2.48. The number of rotatable bonds is 5. The van der Waals surface area contributed by atoms with Crippen LogP contribution in [0.25, 0.3) is 10.9 Å². The maximum atomic E-state index is 15.4. The molecule has 0 amide bonds. The van der Waals surface area contributed by atoms with Crippen LogP contribution in [0.15, 0.2) is 35.4 Å². The van der Waals surface area contributed by atoms with Gasteiger partial charge in [0.1, 0.15) is 0 Å².